The number of benzene rings is 1. The van der Waals surface area contributed by atoms with Gasteiger partial charge in [0.25, 0.3) is 5.91 Å². The Morgan fingerprint density at radius 3 is 2.84 bits per heavy atom. The third-order valence-corrected chi connectivity index (χ3v) is 3.35. The van der Waals surface area contributed by atoms with Gasteiger partial charge in [-0.2, -0.15) is 0 Å². The Morgan fingerprint density at radius 2 is 2.16 bits per heavy atom. The molecular weight excluding hydrogens is 319 g/mol. The van der Waals surface area contributed by atoms with Crippen molar-refractivity contribution >= 4 is 33.7 Å². The van der Waals surface area contributed by atoms with Crippen molar-refractivity contribution in [3.63, 3.8) is 0 Å². The molecule has 1 unspecified atom stereocenters. The van der Waals surface area contributed by atoms with E-state index < -0.39 is 23.7 Å². The number of piperidine rings is 1. The van der Waals surface area contributed by atoms with Crippen LogP contribution in [0.25, 0.3) is 0 Å². The molecule has 0 aromatic heterocycles. The van der Waals surface area contributed by atoms with Gasteiger partial charge in [0.2, 0.25) is 11.8 Å². The van der Waals surface area contributed by atoms with E-state index in [1.54, 1.807) is 0 Å². The largest absolute Gasteiger partial charge is 0.340 e. The second-order valence-electron chi connectivity index (χ2n) is 4.08. The molecule has 2 rings (SSSR count). The Kier molecular flexibility index (Phi) is 3.94. The molecule has 0 radical (unpaired) electrons. The molecule has 0 bridgehead atoms. The second kappa shape index (κ2) is 5.48. The lowest BCUT2D eigenvalue weighted by molar-refractivity contribution is -0.134. The summed E-state index contributed by atoms with van der Waals surface area (Å²) in [5.74, 6) is -2.32. The summed E-state index contributed by atoms with van der Waals surface area (Å²) in [4.78, 5) is 34.3. The molecule has 1 aliphatic rings. The van der Waals surface area contributed by atoms with Gasteiger partial charge in [0.05, 0.1) is 10.0 Å². The van der Waals surface area contributed by atoms with Gasteiger partial charge in [-0.15, -0.1) is 0 Å². The minimum atomic E-state index is -0.816. The monoisotopic (exact) mass is 328 g/mol. The number of carbonyl (C=O) groups is 3. The van der Waals surface area contributed by atoms with Crippen LogP contribution in [0.1, 0.15) is 23.2 Å². The van der Waals surface area contributed by atoms with Crippen LogP contribution < -0.4 is 10.6 Å². The van der Waals surface area contributed by atoms with Crippen molar-refractivity contribution in [3.8, 4) is 0 Å². The Morgan fingerprint density at radius 1 is 1.42 bits per heavy atom. The van der Waals surface area contributed by atoms with Gasteiger partial charge in [-0.3, -0.25) is 19.7 Å². The molecule has 1 atom stereocenters. The molecular formula is C12H10BrFN2O3. The number of halogens is 2. The molecule has 0 aliphatic carbocycles. The smallest absolute Gasteiger partial charge is 0.254 e. The van der Waals surface area contributed by atoms with Gasteiger partial charge in [-0.1, -0.05) is 6.07 Å². The first-order valence-electron chi connectivity index (χ1n) is 5.57. The molecule has 1 aromatic carbocycles. The summed E-state index contributed by atoms with van der Waals surface area (Å²) < 4.78 is 13.9. The second-order valence-corrected chi connectivity index (χ2v) is 4.93. The van der Waals surface area contributed by atoms with Crippen molar-refractivity contribution in [2.24, 2.45) is 0 Å². The van der Waals surface area contributed by atoms with E-state index in [1.807, 2.05) is 0 Å². The van der Waals surface area contributed by atoms with E-state index in [0.29, 0.717) is 0 Å². The molecule has 1 aromatic rings. The Labute approximate surface area is 116 Å². The van der Waals surface area contributed by atoms with E-state index in [-0.39, 0.29) is 28.8 Å². The first kappa shape index (κ1) is 13.7. The highest BCUT2D eigenvalue weighted by atomic mass is 79.9. The third-order valence-electron chi connectivity index (χ3n) is 2.74. The van der Waals surface area contributed by atoms with Crippen LogP contribution in [0, 0.1) is 5.82 Å². The van der Waals surface area contributed by atoms with Crippen LogP contribution in [0.2, 0.25) is 0 Å². The predicted molar refractivity (Wildman–Crippen MR) is 67.7 cm³/mol. The number of imide groups is 1. The van der Waals surface area contributed by atoms with E-state index >= 15 is 0 Å². The van der Waals surface area contributed by atoms with Crippen LogP contribution in [0.3, 0.4) is 0 Å². The fraction of sp³-hybridized carbons (Fsp3) is 0.250. The maximum atomic E-state index is 13.7. The number of carbonyl (C=O) groups excluding carboxylic acids is 3. The fourth-order valence-corrected chi connectivity index (χ4v) is 2.11. The number of rotatable bonds is 2. The van der Waals surface area contributed by atoms with Gasteiger partial charge in [-0.05, 0) is 34.5 Å². The van der Waals surface area contributed by atoms with Gasteiger partial charge in [0, 0.05) is 6.42 Å². The van der Waals surface area contributed by atoms with E-state index in [0.717, 1.165) is 0 Å². The normalized spacial score (nSPS) is 18.9. The lowest BCUT2D eigenvalue weighted by Gasteiger charge is -2.21. The Bertz CT molecular complexity index is 562. The molecule has 0 saturated carbocycles. The molecule has 3 amide bonds. The zero-order chi connectivity index (χ0) is 14.0. The van der Waals surface area contributed by atoms with Crippen molar-refractivity contribution in [2.45, 2.75) is 18.9 Å². The lowest BCUT2D eigenvalue weighted by Crippen LogP contribution is -2.52. The average Bonchev–Trinajstić information content (AvgIpc) is 2.36. The molecule has 1 aliphatic heterocycles. The molecule has 2 N–H and O–H groups in total. The summed E-state index contributed by atoms with van der Waals surface area (Å²) in [6, 6.07) is 3.50. The third kappa shape index (κ3) is 2.98. The molecule has 1 saturated heterocycles. The van der Waals surface area contributed by atoms with Gasteiger partial charge in [0.15, 0.2) is 0 Å². The summed E-state index contributed by atoms with van der Waals surface area (Å²) in [6.07, 6.45) is 0.365. The highest BCUT2D eigenvalue weighted by Crippen LogP contribution is 2.18. The molecule has 7 heteroatoms. The van der Waals surface area contributed by atoms with E-state index in [4.69, 9.17) is 0 Å². The zero-order valence-corrected chi connectivity index (χ0v) is 11.3. The van der Waals surface area contributed by atoms with Crippen molar-refractivity contribution in [1.29, 1.82) is 0 Å². The van der Waals surface area contributed by atoms with Crippen molar-refractivity contribution in [1.82, 2.24) is 10.6 Å². The molecule has 100 valence electrons. The predicted octanol–water partition coefficient (Wildman–Crippen LogP) is 1.12. The van der Waals surface area contributed by atoms with E-state index in [1.165, 1.54) is 18.2 Å². The number of hydrogen-bond donors (Lipinski definition) is 2. The highest BCUT2D eigenvalue weighted by Gasteiger charge is 2.28. The SMILES string of the molecule is O=C1CCC(NC(=O)c2cccc(Br)c2F)C(=O)N1. The molecule has 1 heterocycles. The van der Waals surface area contributed by atoms with Crippen molar-refractivity contribution in [2.75, 3.05) is 0 Å². The highest BCUT2D eigenvalue weighted by molar-refractivity contribution is 9.10. The van der Waals surface area contributed by atoms with Gasteiger partial charge >= 0.3 is 0 Å². The van der Waals surface area contributed by atoms with Gasteiger partial charge < -0.3 is 5.32 Å². The lowest BCUT2D eigenvalue weighted by atomic mass is 10.1. The van der Waals surface area contributed by atoms with Crippen molar-refractivity contribution < 1.29 is 18.8 Å². The van der Waals surface area contributed by atoms with Crippen LogP contribution in [0.4, 0.5) is 4.39 Å². The molecule has 0 spiro atoms. The average molecular weight is 329 g/mol. The van der Waals surface area contributed by atoms with E-state index in [9.17, 15) is 18.8 Å². The Balaban J connectivity index is 2.11. The quantitative estimate of drug-likeness (QED) is 0.799. The standard InChI is InChI=1S/C12H10BrFN2O3/c13-7-3-1-2-6(10(7)14)11(18)15-8-4-5-9(17)16-12(8)19/h1-3,8H,4-5H2,(H,15,18)(H,16,17,19). The summed E-state index contributed by atoms with van der Waals surface area (Å²) in [5, 5.41) is 4.53. The molecule has 1 fully saturated rings. The fourth-order valence-electron chi connectivity index (χ4n) is 1.75. The summed E-state index contributed by atoms with van der Waals surface area (Å²) in [6.45, 7) is 0. The maximum Gasteiger partial charge on any atom is 0.254 e. The number of hydrogen-bond acceptors (Lipinski definition) is 3. The Hall–Kier alpha value is -1.76. The van der Waals surface area contributed by atoms with E-state index in [2.05, 4.69) is 26.6 Å². The van der Waals surface area contributed by atoms with Crippen LogP contribution in [-0.4, -0.2) is 23.8 Å². The minimum Gasteiger partial charge on any atom is -0.340 e. The summed E-state index contributed by atoms with van der Waals surface area (Å²) in [5.41, 5.74) is -0.154. The number of amides is 3. The van der Waals surface area contributed by atoms with Gasteiger partial charge in [0.1, 0.15) is 11.9 Å². The summed E-state index contributed by atoms with van der Waals surface area (Å²) >= 11 is 2.98. The molecule has 19 heavy (non-hydrogen) atoms. The van der Waals surface area contributed by atoms with Crippen molar-refractivity contribution in [3.05, 3.63) is 34.1 Å². The molecule has 5 nitrogen and oxygen atoms in total. The van der Waals surface area contributed by atoms with Crippen LogP contribution >= 0.6 is 15.9 Å². The maximum absolute atomic E-state index is 13.7. The van der Waals surface area contributed by atoms with Crippen LogP contribution in [-0.2, 0) is 9.59 Å². The van der Waals surface area contributed by atoms with Gasteiger partial charge in [-0.25, -0.2) is 4.39 Å². The number of nitrogens with one attached hydrogen (secondary N) is 2. The minimum absolute atomic E-state index is 0.150. The van der Waals surface area contributed by atoms with Crippen LogP contribution in [0.5, 0.6) is 0 Å². The topological polar surface area (TPSA) is 75.3 Å². The zero-order valence-electron chi connectivity index (χ0n) is 9.70. The van der Waals surface area contributed by atoms with Crippen LogP contribution in [0.15, 0.2) is 22.7 Å². The first-order valence-corrected chi connectivity index (χ1v) is 6.37. The summed E-state index contributed by atoms with van der Waals surface area (Å²) in [7, 11) is 0. The first-order chi connectivity index (χ1) is 8.99.